The summed E-state index contributed by atoms with van der Waals surface area (Å²) in [6.45, 7) is 4.74. The largest absolute Gasteiger partial charge is 0.311 e. The van der Waals surface area contributed by atoms with Crippen molar-refractivity contribution in [2.45, 2.75) is 19.3 Å². The van der Waals surface area contributed by atoms with Gasteiger partial charge >= 0.3 is 0 Å². The third-order valence-electron chi connectivity index (χ3n) is 14.0. The summed E-state index contributed by atoms with van der Waals surface area (Å²) >= 11 is 1.86. The van der Waals surface area contributed by atoms with E-state index in [0.717, 1.165) is 28.4 Å². The van der Waals surface area contributed by atoms with Gasteiger partial charge in [0.15, 0.2) is 8.07 Å². The van der Waals surface area contributed by atoms with Crippen molar-refractivity contribution < 1.29 is 0 Å². The molecule has 1 aromatic heterocycles. The number of rotatable bonds is 10. The van der Waals surface area contributed by atoms with Gasteiger partial charge in [-0.05, 0) is 122 Å². The molecule has 10 aromatic carbocycles. The maximum Gasteiger partial charge on any atom is 0.181 e. The van der Waals surface area contributed by atoms with Gasteiger partial charge in [0, 0.05) is 59.7 Å². The van der Waals surface area contributed by atoms with Crippen LogP contribution in [0.15, 0.2) is 255 Å². The lowest BCUT2D eigenvalue weighted by molar-refractivity contribution is 0.660. The van der Waals surface area contributed by atoms with Gasteiger partial charge < -0.3 is 9.80 Å². The van der Waals surface area contributed by atoms with Crippen LogP contribution in [0.2, 0.25) is 0 Å². The molecule has 0 saturated carbocycles. The quantitative estimate of drug-likeness (QED) is 0.0997. The number of hydrogen-bond donors (Lipinski definition) is 0. The van der Waals surface area contributed by atoms with E-state index < -0.39 is 8.07 Å². The van der Waals surface area contributed by atoms with Gasteiger partial charge in [-0.2, -0.15) is 0 Å². The average Bonchev–Trinajstić information content (AvgIpc) is 3.87. The highest BCUT2D eigenvalue weighted by molar-refractivity contribution is 7.25. The zero-order chi connectivity index (χ0) is 45.0. The molecule has 11 aromatic rings. The van der Waals surface area contributed by atoms with Crippen molar-refractivity contribution >= 4 is 94.5 Å². The minimum atomic E-state index is -3.19. The molecular weight excluding hydrogens is 845 g/mol. The van der Waals surface area contributed by atoms with Crippen molar-refractivity contribution in [2.24, 2.45) is 0 Å². The fourth-order valence-electron chi connectivity index (χ4n) is 10.9. The van der Waals surface area contributed by atoms with Gasteiger partial charge in [0.05, 0.1) is 0 Å². The van der Waals surface area contributed by atoms with Gasteiger partial charge in [-0.3, -0.25) is 0 Å². The molecule has 0 radical (unpaired) electrons. The highest BCUT2D eigenvalue weighted by Gasteiger charge is 2.44. The van der Waals surface area contributed by atoms with Crippen LogP contribution in [-0.2, 0) is 5.41 Å². The summed E-state index contributed by atoms with van der Waals surface area (Å²) in [7, 11) is -3.19. The van der Waals surface area contributed by atoms with Crippen LogP contribution < -0.4 is 30.5 Å². The van der Waals surface area contributed by atoms with Crippen LogP contribution in [0.4, 0.5) is 34.1 Å². The molecule has 0 aliphatic heterocycles. The minimum Gasteiger partial charge on any atom is -0.311 e. The standard InChI is InChI=1S/C63H48N2SSi/c1-63(2)57-34-17-15-32-53(57)54-40-38-49(44-58(54)63)65(46-24-9-4-10-25-46)59-35-18-20-37-62(59)67(50-27-11-5-12-28-50,51-29-13-6-14-30-51)52-31-21-26-47(42-52)64(45-22-7-3-8-23-45)48-39-41-61-56(43-48)55-33-16-19-36-60(55)66-61/h3-44H,1-2H3. The number of benzene rings is 10. The predicted octanol–water partition coefficient (Wildman–Crippen LogP) is 14.7. The summed E-state index contributed by atoms with van der Waals surface area (Å²) in [6.07, 6.45) is 0. The molecule has 1 aliphatic rings. The van der Waals surface area contributed by atoms with Gasteiger partial charge in [0.2, 0.25) is 0 Å². The highest BCUT2D eigenvalue weighted by atomic mass is 32.1. The summed E-state index contributed by atoms with van der Waals surface area (Å²) in [5, 5.41) is 7.83. The molecule has 0 atom stereocenters. The molecule has 0 bridgehead atoms. The highest BCUT2D eigenvalue weighted by Crippen LogP contribution is 2.50. The van der Waals surface area contributed by atoms with E-state index in [-0.39, 0.29) is 5.41 Å². The first-order valence-electron chi connectivity index (χ1n) is 23.2. The molecule has 1 aliphatic carbocycles. The number of hydrogen-bond acceptors (Lipinski definition) is 3. The topological polar surface area (TPSA) is 6.48 Å². The zero-order valence-corrected chi connectivity index (χ0v) is 39.4. The number of anilines is 6. The van der Waals surface area contributed by atoms with Crippen LogP contribution in [0.3, 0.4) is 0 Å². The van der Waals surface area contributed by atoms with Crippen LogP contribution in [0.1, 0.15) is 25.0 Å². The van der Waals surface area contributed by atoms with Crippen LogP contribution in [0, 0.1) is 0 Å². The van der Waals surface area contributed by atoms with Crippen molar-refractivity contribution in [2.75, 3.05) is 9.80 Å². The Morgan fingerprint density at radius 1 is 0.343 bits per heavy atom. The van der Waals surface area contributed by atoms with Crippen molar-refractivity contribution in [3.63, 3.8) is 0 Å². The number of fused-ring (bicyclic) bond motifs is 6. The molecule has 0 fully saturated rings. The van der Waals surface area contributed by atoms with E-state index in [4.69, 9.17) is 0 Å². The van der Waals surface area contributed by atoms with Gasteiger partial charge in [-0.1, -0.05) is 190 Å². The molecule has 0 spiro atoms. The first-order chi connectivity index (χ1) is 33.0. The Kier molecular flexibility index (Phi) is 10.1. The first-order valence-corrected chi connectivity index (χ1v) is 26.0. The Labute approximate surface area is 398 Å². The van der Waals surface area contributed by atoms with Crippen LogP contribution in [0.5, 0.6) is 0 Å². The summed E-state index contributed by atoms with van der Waals surface area (Å²) in [6, 6.07) is 95.0. The van der Waals surface area contributed by atoms with Crippen LogP contribution in [-0.4, -0.2) is 8.07 Å². The van der Waals surface area contributed by atoms with Gasteiger partial charge in [-0.25, -0.2) is 0 Å². The lowest BCUT2D eigenvalue weighted by Gasteiger charge is -2.39. The number of thiophene rings is 1. The first kappa shape index (κ1) is 40.7. The fourth-order valence-corrected chi connectivity index (χ4v) is 17.0. The van der Waals surface area contributed by atoms with Gasteiger partial charge in [0.1, 0.15) is 0 Å². The molecule has 12 rings (SSSR count). The lowest BCUT2D eigenvalue weighted by Crippen LogP contribution is -2.75. The number of para-hydroxylation sites is 3. The minimum absolute atomic E-state index is 0.150. The molecule has 67 heavy (non-hydrogen) atoms. The normalized spacial score (nSPS) is 12.7. The van der Waals surface area contributed by atoms with Crippen molar-refractivity contribution in [1.82, 2.24) is 0 Å². The van der Waals surface area contributed by atoms with E-state index in [0.29, 0.717) is 0 Å². The summed E-state index contributed by atoms with van der Waals surface area (Å²) in [4.78, 5) is 4.96. The summed E-state index contributed by atoms with van der Waals surface area (Å²) in [5.74, 6) is 0. The predicted molar refractivity (Wildman–Crippen MR) is 290 cm³/mol. The third kappa shape index (κ3) is 6.75. The lowest BCUT2D eigenvalue weighted by atomic mass is 9.82. The Balaban J connectivity index is 1.12. The van der Waals surface area contributed by atoms with E-state index in [2.05, 4.69) is 278 Å². The van der Waals surface area contributed by atoms with Crippen LogP contribution >= 0.6 is 11.3 Å². The molecule has 0 saturated heterocycles. The Hall–Kier alpha value is -7.76. The average molecular weight is 893 g/mol. The van der Waals surface area contributed by atoms with E-state index in [9.17, 15) is 0 Å². The molecule has 0 N–H and O–H groups in total. The second kappa shape index (κ2) is 16.6. The maximum atomic E-state index is 2.52. The maximum absolute atomic E-state index is 3.19. The third-order valence-corrected chi connectivity index (χ3v) is 19.9. The second-order valence-electron chi connectivity index (χ2n) is 18.1. The molecule has 0 amide bonds. The number of nitrogens with zero attached hydrogens (tertiary/aromatic N) is 2. The monoisotopic (exact) mass is 892 g/mol. The Morgan fingerprint density at radius 2 is 0.851 bits per heavy atom. The molecule has 1 heterocycles. The summed E-state index contributed by atoms with van der Waals surface area (Å²) < 4.78 is 2.60. The zero-order valence-electron chi connectivity index (χ0n) is 37.6. The van der Waals surface area contributed by atoms with E-state index in [1.165, 1.54) is 68.9 Å². The van der Waals surface area contributed by atoms with Gasteiger partial charge in [-0.15, -0.1) is 11.3 Å². The SMILES string of the molecule is CC1(C)c2ccccc2-c2ccc(N(c3ccccc3)c3ccccc3[Si](c3ccccc3)(c3ccccc3)c3cccc(N(c4ccccc4)c4ccc5sc6ccccc6c5c4)c3)cc21. The molecule has 2 nitrogen and oxygen atoms in total. The fraction of sp³-hybridized carbons (Fsp3) is 0.0476. The molecule has 0 unspecified atom stereocenters. The van der Waals surface area contributed by atoms with Crippen molar-refractivity contribution in [3.05, 3.63) is 266 Å². The van der Waals surface area contributed by atoms with E-state index in [1.807, 2.05) is 11.3 Å². The van der Waals surface area contributed by atoms with E-state index >= 15 is 0 Å². The Bertz CT molecular complexity index is 3530. The van der Waals surface area contributed by atoms with Crippen LogP contribution in [0.25, 0.3) is 31.3 Å². The molecule has 4 heteroatoms. The smallest absolute Gasteiger partial charge is 0.181 e. The molecule has 320 valence electrons. The summed E-state index contributed by atoms with van der Waals surface area (Å²) in [5.41, 5.74) is 12.0. The molecular formula is C63H48N2SSi. The van der Waals surface area contributed by atoms with Gasteiger partial charge in [0.25, 0.3) is 0 Å². The second-order valence-corrected chi connectivity index (χ2v) is 22.9. The van der Waals surface area contributed by atoms with E-state index in [1.54, 1.807) is 0 Å². The van der Waals surface area contributed by atoms with Crippen molar-refractivity contribution in [1.29, 1.82) is 0 Å². The van der Waals surface area contributed by atoms with Crippen molar-refractivity contribution in [3.8, 4) is 11.1 Å². The Morgan fingerprint density at radius 3 is 1.58 bits per heavy atom.